The van der Waals surface area contributed by atoms with Gasteiger partial charge in [0.1, 0.15) is 0 Å². The van der Waals surface area contributed by atoms with Crippen molar-refractivity contribution >= 4 is 0 Å². The van der Waals surface area contributed by atoms with Crippen LogP contribution in [-0.2, 0) is 0 Å². The van der Waals surface area contributed by atoms with Gasteiger partial charge in [-0.2, -0.15) is 0 Å². The largest absolute Gasteiger partial charge is 0.324 e. The van der Waals surface area contributed by atoms with E-state index in [1.165, 1.54) is 62.5 Å². The molecule has 2 saturated carbocycles. The number of rotatable bonds is 4. The predicted octanol–water partition coefficient (Wildman–Crippen LogP) is 4.53. The summed E-state index contributed by atoms with van der Waals surface area (Å²) in [7, 11) is 0. The molecule has 2 aliphatic carbocycles. The summed E-state index contributed by atoms with van der Waals surface area (Å²) in [5.74, 6) is 1.73. The van der Waals surface area contributed by atoms with Crippen LogP contribution in [0.25, 0.3) is 0 Å². The van der Waals surface area contributed by atoms with Crippen molar-refractivity contribution in [1.29, 1.82) is 0 Å². The lowest BCUT2D eigenvalue weighted by Crippen LogP contribution is -2.11. The first-order valence-electron chi connectivity index (χ1n) is 7.68. The first-order valence-corrected chi connectivity index (χ1v) is 7.68. The van der Waals surface area contributed by atoms with Crippen molar-refractivity contribution in [2.45, 2.75) is 63.3 Å². The van der Waals surface area contributed by atoms with Crippen LogP contribution in [0.3, 0.4) is 0 Å². The van der Waals surface area contributed by atoms with Gasteiger partial charge in [-0.3, -0.25) is 0 Å². The van der Waals surface area contributed by atoms with Gasteiger partial charge in [-0.1, -0.05) is 56.4 Å². The van der Waals surface area contributed by atoms with E-state index in [2.05, 4.69) is 24.3 Å². The Bertz CT molecular complexity index is 371. The minimum absolute atomic E-state index is 0.262. The minimum Gasteiger partial charge on any atom is -0.324 e. The molecular formula is C17H25N. The molecule has 1 nitrogen and oxygen atoms in total. The second kappa shape index (κ2) is 5.44. The Morgan fingerprint density at radius 2 is 1.61 bits per heavy atom. The van der Waals surface area contributed by atoms with E-state index in [-0.39, 0.29) is 6.04 Å². The fraction of sp³-hybridized carbons (Fsp3) is 0.647. The summed E-state index contributed by atoms with van der Waals surface area (Å²) in [6, 6.07) is 9.47. The molecule has 1 unspecified atom stereocenters. The molecule has 2 aliphatic rings. The van der Waals surface area contributed by atoms with Crippen molar-refractivity contribution in [3.8, 4) is 0 Å². The van der Waals surface area contributed by atoms with Crippen LogP contribution in [0, 0.1) is 5.92 Å². The van der Waals surface area contributed by atoms with Gasteiger partial charge in [-0.05, 0) is 42.2 Å². The summed E-state index contributed by atoms with van der Waals surface area (Å²) in [5.41, 5.74) is 9.14. The average Bonchev–Trinajstić information content (AvgIpc) is 3.24. The molecule has 2 N–H and O–H groups in total. The van der Waals surface area contributed by atoms with E-state index in [1.807, 2.05) is 0 Å². The van der Waals surface area contributed by atoms with Crippen molar-refractivity contribution in [1.82, 2.24) is 0 Å². The lowest BCUT2D eigenvalue weighted by molar-refractivity contribution is 0.443. The van der Waals surface area contributed by atoms with Crippen LogP contribution in [0.2, 0.25) is 0 Å². The van der Waals surface area contributed by atoms with Gasteiger partial charge in [0, 0.05) is 6.04 Å². The second-order valence-corrected chi connectivity index (χ2v) is 6.29. The average molecular weight is 243 g/mol. The third kappa shape index (κ3) is 2.95. The van der Waals surface area contributed by atoms with Crippen molar-refractivity contribution in [3.05, 3.63) is 35.4 Å². The molecule has 0 radical (unpaired) electrons. The van der Waals surface area contributed by atoms with Gasteiger partial charge >= 0.3 is 0 Å². The number of nitrogens with two attached hydrogens (primary N) is 1. The van der Waals surface area contributed by atoms with Crippen LogP contribution < -0.4 is 5.73 Å². The standard InChI is InChI=1S/C17H25N/c18-17(12-13-6-7-13)16-10-8-15(9-11-16)14-4-2-1-3-5-14/h8-11,13-14,17H,1-7,12,18H2. The molecule has 0 spiro atoms. The van der Waals surface area contributed by atoms with Crippen LogP contribution >= 0.6 is 0 Å². The summed E-state index contributed by atoms with van der Waals surface area (Å²) >= 11 is 0. The van der Waals surface area contributed by atoms with E-state index in [9.17, 15) is 0 Å². The van der Waals surface area contributed by atoms with Crippen molar-refractivity contribution < 1.29 is 0 Å². The molecular weight excluding hydrogens is 218 g/mol. The quantitative estimate of drug-likeness (QED) is 0.825. The predicted molar refractivity (Wildman–Crippen MR) is 76.5 cm³/mol. The van der Waals surface area contributed by atoms with Gasteiger partial charge in [0.2, 0.25) is 0 Å². The highest BCUT2D eigenvalue weighted by Crippen LogP contribution is 2.37. The summed E-state index contributed by atoms with van der Waals surface area (Å²) < 4.78 is 0. The van der Waals surface area contributed by atoms with Crippen LogP contribution in [0.15, 0.2) is 24.3 Å². The fourth-order valence-corrected chi connectivity index (χ4v) is 3.30. The molecule has 3 rings (SSSR count). The Morgan fingerprint density at radius 1 is 0.944 bits per heavy atom. The van der Waals surface area contributed by atoms with Crippen molar-refractivity contribution in [2.75, 3.05) is 0 Å². The molecule has 1 atom stereocenters. The Kier molecular flexibility index (Phi) is 3.69. The second-order valence-electron chi connectivity index (χ2n) is 6.29. The van der Waals surface area contributed by atoms with Crippen LogP contribution in [0.4, 0.5) is 0 Å². The van der Waals surface area contributed by atoms with Gasteiger partial charge in [0.25, 0.3) is 0 Å². The Hall–Kier alpha value is -0.820. The highest BCUT2D eigenvalue weighted by molar-refractivity contribution is 5.27. The third-order valence-electron chi connectivity index (χ3n) is 4.73. The molecule has 0 aliphatic heterocycles. The Morgan fingerprint density at radius 3 is 2.22 bits per heavy atom. The van der Waals surface area contributed by atoms with E-state index in [0.717, 1.165) is 11.8 Å². The summed E-state index contributed by atoms with van der Waals surface area (Å²) in [4.78, 5) is 0. The van der Waals surface area contributed by atoms with Crippen molar-refractivity contribution in [2.24, 2.45) is 11.7 Å². The lowest BCUT2D eigenvalue weighted by atomic mass is 9.83. The monoisotopic (exact) mass is 243 g/mol. The molecule has 1 aromatic carbocycles. The maximum absolute atomic E-state index is 6.26. The van der Waals surface area contributed by atoms with Crippen LogP contribution in [0.5, 0.6) is 0 Å². The lowest BCUT2D eigenvalue weighted by Gasteiger charge is -2.22. The SMILES string of the molecule is NC(CC1CC1)c1ccc(C2CCCCC2)cc1. The van der Waals surface area contributed by atoms with Crippen LogP contribution in [0.1, 0.15) is 74.5 Å². The molecule has 98 valence electrons. The summed E-state index contributed by atoms with van der Waals surface area (Å²) in [6.07, 6.45) is 11.0. The van der Waals surface area contributed by atoms with E-state index in [1.54, 1.807) is 0 Å². The van der Waals surface area contributed by atoms with E-state index < -0.39 is 0 Å². The van der Waals surface area contributed by atoms with Crippen LogP contribution in [-0.4, -0.2) is 0 Å². The molecule has 1 heteroatoms. The highest BCUT2D eigenvalue weighted by atomic mass is 14.6. The molecule has 0 bridgehead atoms. The summed E-state index contributed by atoms with van der Waals surface area (Å²) in [6.45, 7) is 0. The third-order valence-corrected chi connectivity index (χ3v) is 4.73. The van der Waals surface area contributed by atoms with Gasteiger partial charge in [-0.25, -0.2) is 0 Å². The molecule has 2 fully saturated rings. The minimum atomic E-state index is 0.262. The maximum Gasteiger partial charge on any atom is 0.0297 e. The number of hydrogen-bond acceptors (Lipinski definition) is 1. The Labute approximate surface area is 111 Å². The van der Waals surface area contributed by atoms with Gasteiger partial charge in [0.15, 0.2) is 0 Å². The summed E-state index contributed by atoms with van der Waals surface area (Å²) in [5, 5.41) is 0. The zero-order chi connectivity index (χ0) is 12.4. The highest BCUT2D eigenvalue weighted by Gasteiger charge is 2.24. The Balaban J connectivity index is 1.63. The normalized spacial score (nSPS) is 22.9. The molecule has 0 amide bonds. The first-order chi connectivity index (χ1) is 8.83. The van der Waals surface area contributed by atoms with E-state index in [4.69, 9.17) is 5.73 Å². The first kappa shape index (κ1) is 12.2. The smallest absolute Gasteiger partial charge is 0.0297 e. The number of hydrogen-bond donors (Lipinski definition) is 1. The fourth-order valence-electron chi connectivity index (χ4n) is 3.30. The molecule has 0 heterocycles. The zero-order valence-electron chi connectivity index (χ0n) is 11.3. The molecule has 1 aromatic rings. The van der Waals surface area contributed by atoms with Gasteiger partial charge in [0.05, 0.1) is 0 Å². The number of benzene rings is 1. The maximum atomic E-state index is 6.26. The topological polar surface area (TPSA) is 26.0 Å². The molecule has 0 aromatic heterocycles. The molecule has 0 saturated heterocycles. The van der Waals surface area contributed by atoms with E-state index in [0.29, 0.717) is 0 Å². The van der Waals surface area contributed by atoms with E-state index >= 15 is 0 Å². The zero-order valence-corrected chi connectivity index (χ0v) is 11.3. The molecule has 18 heavy (non-hydrogen) atoms. The van der Waals surface area contributed by atoms with Gasteiger partial charge in [-0.15, -0.1) is 0 Å². The van der Waals surface area contributed by atoms with Crippen molar-refractivity contribution in [3.63, 3.8) is 0 Å². The van der Waals surface area contributed by atoms with Gasteiger partial charge < -0.3 is 5.73 Å².